The summed E-state index contributed by atoms with van der Waals surface area (Å²) in [5.41, 5.74) is -0.839. The van der Waals surface area contributed by atoms with Gasteiger partial charge >= 0.3 is 12.1 Å². The number of carbonyl (C=O) groups is 2. The number of hydrogen-bond donors (Lipinski definition) is 1. The van der Waals surface area contributed by atoms with Crippen molar-refractivity contribution in [2.24, 2.45) is 0 Å². The van der Waals surface area contributed by atoms with E-state index in [1.165, 1.54) is 11.0 Å². The summed E-state index contributed by atoms with van der Waals surface area (Å²) >= 11 is 1.04. The molecule has 0 aromatic carbocycles. The van der Waals surface area contributed by atoms with E-state index in [0.717, 1.165) is 30.4 Å². The number of thioether (sulfide) groups is 1. The molecule has 2 heterocycles. The van der Waals surface area contributed by atoms with Crippen molar-refractivity contribution in [1.82, 2.24) is 9.88 Å². The van der Waals surface area contributed by atoms with E-state index < -0.39 is 17.7 Å². The van der Waals surface area contributed by atoms with Crippen molar-refractivity contribution in [3.63, 3.8) is 0 Å². The van der Waals surface area contributed by atoms with Crippen LogP contribution in [0.2, 0.25) is 0 Å². The normalized spacial score (nSPS) is 18.2. The van der Waals surface area contributed by atoms with Gasteiger partial charge in [-0.05, 0) is 25.0 Å². The molecule has 1 aromatic rings. The molecular formula is C14H15F3N2O3S. The van der Waals surface area contributed by atoms with Crippen LogP contribution in [0.3, 0.4) is 0 Å². The van der Waals surface area contributed by atoms with Crippen molar-refractivity contribution in [2.45, 2.75) is 36.5 Å². The lowest BCUT2D eigenvalue weighted by molar-refractivity contribution is -0.140. The average molecular weight is 348 g/mol. The highest BCUT2D eigenvalue weighted by atomic mass is 32.2. The number of amides is 1. The molecule has 5 nitrogen and oxygen atoms in total. The highest BCUT2D eigenvalue weighted by molar-refractivity contribution is 7.99. The molecule has 126 valence electrons. The number of carboxylic acid groups (broad SMARTS) is 1. The predicted octanol–water partition coefficient (Wildman–Crippen LogP) is 2.66. The molecule has 0 saturated carbocycles. The van der Waals surface area contributed by atoms with Gasteiger partial charge in [-0.15, -0.1) is 0 Å². The number of aromatic nitrogens is 1. The largest absolute Gasteiger partial charge is 0.481 e. The first kappa shape index (κ1) is 17.6. The van der Waals surface area contributed by atoms with Crippen LogP contribution in [-0.4, -0.2) is 45.2 Å². The maximum Gasteiger partial charge on any atom is 0.417 e. The number of carboxylic acids is 1. The van der Waals surface area contributed by atoms with Crippen molar-refractivity contribution in [1.29, 1.82) is 0 Å². The van der Waals surface area contributed by atoms with E-state index in [1.54, 1.807) is 0 Å². The van der Waals surface area contributed by atoms with Gasteiger partial charge in [-0.2, -0.15) is 13.2 Å². The average Bonchev–Trinajstić information content (AvgIpc) is 2.91. The number of carbonyl (C=O) groups excluding carboxylic acids is 1. The summed E-state index contributed by atoms with van der Waals surface area (Å²) in [6.45, 7) is 0.512. The third kappa shape index (κ3) is 4.85. The number of halogens is 3. The lowest BCUT2D eigenvalue weighted by atomic mass is 10.1. The third-order valence-electron chi connectivity index (χ3n) is 3.51. The van der Waals surface area contributed by atoms with Crippen LogP contribution >= 0.6 is 11.8 Å². The van der Waals surface area contributed by atoms with Crippen molar-refractivity contribution in [3.05, 3.63) is 23.9 Å². The zero-order chi connectivity index (χ0) is 17.0. The monoisotopic (exact) mass is 348 g/mol. The van der Waals surface area contributed by atoms with E-state index in [2.05, 4.69) is 4.98 Å². The van der Waals surface area contributed by atoms with Crippen LogP contribution in [-0.2, 0) is 15.8 Å². The second-order valence-corrected chi connectivity index (χ2v) is 6.15. The zero-order valence-corrected chi connectivity index (χ0v) is 12.9. The molecule has 1 saturated heterocycles. The molecule has 1 unspecified atom stereocenters. The Kier molecular flexibility index (Phi) is 5.51. The number of likely N-dealkylation sites (tertiary alicyclic amines) is 1. The Morgan fingerprint density at radius 1 is 1.39 bits per heavy atom. The fourth-order valence-electron chi connectivity index (χ4n) is 2.43. The first-order valence-corrected chi connectivity index (χ1v) is 7.93. The van der Waals surface area contributed by atoms with E-state index >= 15 is 0 Å². The van der Waals surface area contributed by atoms with Gasteiger partial charge < -0.3 is 10.0 Å². The van der Waals surface area contributed by atoms with Gasteiger partial charge in [-0.3, -0.25) is 9.59 Å². The van der Waals surface area contributed by atoms with Crippen LogP contribution in [0.4, 0.5) is 13.2 Å². The molecule has 2 rings (SSSR count). The van der Waals surface area contributed by atoms with Crippen LogP contribution in [0, 0.1) is 0 Å². The Labute approximate surface area is 134 Å². The highest BCUT2D eigenvalue weighted by Gasteiger charge is 2.31. The van der Waals surface area contributed by atoms with Gasteiger partial charge in [0, 0.05) is 18.8 Å². The van der Waals surface area contributed by atoms with Crippen LogP contribution in [0.25, 0.3) is 0 Å². The van der Waals surface area contributed by atoms with Gasteiger partial charge in [0.1, 0.15) is 0 Å². The topological polar surface area (TPSA) is 70.5 Å². The fourth-order valence-corrected chi connectivity index (χ4v) is 3.16. The van der Waals surface area contributed by atoms with Crippen molar-refractivity contribution >= 4 is 23.6 Å². The molecule has 0 bridgehead atoms. The Hall–Kier alpha value is -1.77. The molecule has 1 aliphatic heterocycles. The molecule has 23 heavy (non-hydrogen) atoms. The van der Waals surface area contributed by atoms with E-state index in [9.17, 15) is 22.8 Å². The van der Waals surface area contributed by atoms with Crippen molar-refractivity contribution < 1.29 is 27.9 Å². The number of pyridine rings is 1. The standard InChI is InChI=1S/C14H15F3N2O3S/c15-14(16,17)9-3-4-11(18-7-9)23-8-12(20)19-5-1-2-10(19)6-13(21)22/h3-4,7,10H,1-2,5-6,8H2,(H,21,22). The van der Waals surface area contributed by atoms with Crippen molar-refractivity contribution in [2.75, 3.05) is 12.3 Å². The summed E-state index contributed by atoms with van der Waals surface area (Å²) in [5.74, 6) is -1.15. The zero-order valence-electron chi connectivity index (χ0n) is 12.0. The second-order valence-electron chi connectivity index (χ2n) is 5.15. The number of hydrogen-bond acceptors (Lipinski definition) is 4. The minimum absolute atomic E-state index is 0.0223. The summed E-state index contributed by atoms with van der Waals surface area (Å²) < 4.78 is 37.3. The predicted molar refractivity (Wildman–Crippen MR) is 77.0 cm³/mol. The Morgan fingerprint density at radius 3 is 2.70 bits per heavy atom. The molecule has 0 aliphatic carbocycles. The van der Waals surface area contributed by atoms with Gasteiger partial charge in [0.05, 0.1) is 22.8 Å². The summed E-state index contributed by atoms with van der Waals surface area (Å²) in [4.78, 5) is 28.1. The molecule has 1 aromatic heterocycles. The lowest BCUT2D eigenvalue weighted by Gasteiger charge is -2.23. The van der Waals surface area contributed by atoms with Gasteiger partial charge in [0.15, 0.2) is 0 Å². The molecule has 1 fully saturated rings. The van der Waals surface area contributed by atoms with Crippen molar-refractivity contribution in [3.8, 4) is 0 Å². The summed E-state index contributed by atoms with van der Waals surface area (Å²) in [6, 6.07) is 1.84. The minimum Gasteiger partial charge on any atom is -0.481 e. The molecule has 0 radical (unpaired) electrons. The van der Waals surface area contributed by atoms with Crippen LogP contribution in [0.1, 0.15) is 24.8 Å². The Morgan fingerprint density at radius 2 is 2.13 bits per heavy atom. The third-order valence-corrected chi connectivity index (χ3v) is 4.44. The van der Waals surface area contributed by atoms with Crippen LogP contribution in [0.15, 0.2) is 23.4 Å². The molecule has 9 heteroatoms. The maximum absolute atomic E-state index is 12.4. The summed E-state index contributed by atoms with van der Waals surface area (Å²) in [5, 5.41) is 9.15. The minimum atomic E-state index is -4.44. The fraction of sp³-hybridized carbons (Fsp3) is 0.500. The molecule has 1 atom stereocenters. The van der Waals surface area contributed by atoms with Gasteiger partial charge in [-0.1, -0.05) is 11.8 Å². The van der Waals surface area contributed by atoms with Gasteiger partial charge in [0.25, 0.3) is 0 Å². The smallest absolute Gasteiger partial charge is 0.417 e. The molecule has 1 N–H and O–H groups in total. The summed E-state index contributed by atoms with van der Waals surface area (Å²) in [6.07, 6.45) is -2.38. The quantitative estimate of drug-likeness (QED) is 0.829. The van der Waals surface area contributed by atoms with Gasteiger partial charge in [0.2, 0.25) is 5.91 Å². The molecule has 1 aliphatic rings. The lowest BCUT2D eigenvalue weighted by Crippen LogP contribution is -2.37. The summed E-state index contributed by atoms with van der Waals surface area (Å²) in [7, 11) is 0. The molecule has 0 spiro atoms. The molecular weight excluding hydrogens is 333 g/mol. The van der Waals surface area contributed by atoms with E-state index in [4.69, 9.17) is 5.11 Å². The number of nitrogens with zero attached hydrogens (tertiary/aromatic N) is 2. The van der Waals surface area contributed by atoms with E-state index in [1.807, 2.05) is 0 Å². The molecule has 1 amide bonds. The first-order valence-electron chi connectivity index (χ1n) is 6.94. The number of aliphatic carboxylic acids is 1. The van der Waals surface area contributed by atoms with Crippen LogP contribution in [0.5, 0.6) is 0 Å². The van der Waals surface area contributed by atoms with Gasteiger partial charge in [-0.25, -0.2) is 4.98 Å². The number of alkyl halides is 3. The SMILES string of the molecule is O=C(O)CC1CCCN1C(=O)CSc1ccc(C(F)(F)F)cn1. The Bertz CT molecular complexity index is 578. The van der Waals surface area contributed by atoms with E-state index in [-0.39, 0.29) is 24.1 Å². The van der Waals surface area contributed by atoms with Crippen LogP contribution < -0.4 is 0 Å². The first-order chi connectivity index (χ1) is 10.8. The maximum atomic E-state index is 12.4. The Balaban J connectivity index is 1.90. The van der Waals surface area contributed by atoms with E-state index in [0.29, 0.717) is 18.0 Å². The highest BCUT2D eigenvalue weighted by Crippen LogP contribution is 2.30. The second kappa shape index (κ2) is 7.20. The number of rotatable bonds is 5.